The molecule has 20 heavy (non-hydrogen) atoms. The molecule has 1 aliphatic heterocycles. The van der Waals surface area contributed by atoms with Gasteiger partial charge in [-0.15, -0.1) is 0 Å². The first-order chi connectivity index (χ1) is 9.30. The van der Waals surface area contributed by atoms with E-state index in [0.29, 0.717) is 19.7 Å². The van der Waals surface area contributed by atoms with Crippen LogP contribution < -0.4 is 0 Å². The monoisotopic (exact) mass is 298 g/mol. The SMILES string of the molecule is CC1(C)CN(C(=O)c2cc([N+](=O)[O-])ccc2Cl)CCO1. The fraction of sp³-hybridized carbons (Fsp3) is 0.462. The van der Waals surface area contributed by atoms with Gasteiger partial charge < -0.3 is 9.64 Å². The summed E-state index contributed by atoms with van der Waals surface area (Å²) in [6.45, 7) is 5.08. The minimum atomic E-state index is -0.545. The molecule has 0 bridgehead atoms. The standard InChI is InChI=1S/C13H15ClN2O4/c1-13(2)8-15(5-6-20-13)12(17)10-7-9(16(18)19)3-4-11(10)14/h3-4,7H,5-6,8H2,1-2H3. The zero-order valence-electron chi connectivity index (χ0n) is 11.3. The van der Waals surface area contributed by atoms with Crippen LogP contribution in [-0.2, 0) is 4.74 Å². The highest BCUT2D eigenvalue weighted by Gasteiger charge is 2.31. The molecule has 1 aromatic carbocycles. The number of rotatable bonds is 2. The van der Waals surface area contributed by atoms with Gasteiger partial charge in [0.05, 0.1) is 27.7 Å². The Hall–Kier alpha value is -1.66. The molecular weight excluding hydrogens is 284 g/mol. The summed E-state index contributed by atoms with van der Waals surface area (Å²) < 4.78 is 5.54. The van der Waals surface area contributed by atoms with Gasteiger partial charge in [-0.3, -0.25) is 14.9 Å². The molecule has 1 saturated heterocycles. The fourth-order valence-electron chi connectivity index (χ4n) is 2.15. The summed E-state index contributed by atoms with van der Waals surface area (Å²) in [7, 11) is 0. The van der Waals surface area contributed by atoms with Gasteiger partial charge in [-0.25, -0.2) is 0 Å². The van der Waals surface area contributed by atoms with Crippen LogP contribution in [0.3, 0.4) is 0 Å². The Morgan fingerprint density at radius 1 is 1.50 bits per heavy atom. The first-order valence-electron chi connectivity index (χ1n) is 6.17. The third-order valence-electron chi connectivity index (χ3n) is 3.10. The molecule has 0 spiro atoms. The van der Waals surface area contributed by atoms with Gasteiger partial charge >= 0.3 is 0 Å². The summed E-state index contributed by atoms with van der Waals surface area (Å²) in [6, 6.07) is 3.87. The average Bonchev–Trinajstić information content (AvgIpc) is 2.37. The normalized spacial score (nSPS) is 17.9. The summed E-state index contributed by atoms with van der Waals surface area (Å²) in [4.78, 5) is 24.3. The van der Waals surface area contributed by atoms with E-state index in [1.807, 2.05) is 13.8 Å². The second kappa shape index (κ2) is 5.38. The molecule has 0 unspecified atom stereocenters. The van der Waals surface area contributed by atoms with Gasteiger partial charge in [0.1, 0.15) is 0 Å². The van der Waals surface area contributed by atoms with E-state index < -0.39 is 10.5 Å². The van der Waals surface area contributed by atoms with Gasteiger partial charge in [0.15, 0.2) is 0 Å². The van der Waals surface area contributed by atoms with Crippen molar-refractivity contribution in [2.45, 2.75) is 19.4 Å². The van der Waals surface area contributed by atoms with Gasteiger partial charge in [-0.05, 0) is 19.9 Å². The number of amides is 1. The molecule has 1 fully saturated rings. The number of nitrogens with zero attached hydrogens (tertiary/aromatic N) is 2. The lowest BCUT2D eigenvalue weighted by atomic mass is 10.1. The van der Waals surface area contributed by atoms with Crippen molar-refractivity contribution in [1.29, 1.82) is 0 Å². The van der Waals surface area contributed by atoms with Crippen molar-refractivity contribution in [2.24, 2.45) is 0 Å². The summed E-state index contributed by atoms with van der Waals surface area (Å²) in [6.07, 6.45) is 0. The van der Waals surface area contributed by atoms with Crippen molar-refractivity contribution in [3.05, 3.63) is 38.9 Å². The summed E-state index contributed by atoms with van der Waals surface area (Å²) in [5, 5.41) is 11.0. The lowest BCUT2D eigenvalue weighted by molar-refractivity contribution is -0.384. The van der Waals surface area contributed by atoms with Crippen molar-refractivity contribution < 1.29 is 14.5 Å². The largest absolute Gasteiger partial charge is 0.372 e. The van der Waals surface area contributed by atoms with Crippen LogP contribution >= 0.6 is 11.6 Å². The highest BCUT2D eigenvalue weighted by molar-refractivity contribution is 6.33. The lowest BCUT2D eigenvalue weighted by Gasteiger charge is -2.38. The molecule has 0 radical (unpaired) electrons. The first-order valence-corrected chi connectivity index (χ1v) is 6.55. The van der Waals surface area contributed by atoms with E-state index in [0.717, 1.165) is 0 Å². The smallest absolute Gasteiger partial charge is 0.270 e. The molecule has 0 N–H and O–H groups in total. The molecule has 2 rings (SSSR count). The lowest BCUT2D eigenvalue weighted by Crippen LogP contribution is -2.50. The predicted molar refractivity (Wildman–Crippen MR) is 74.0 cm³/mol. The molecule has 7 heteroatoms. The van der Waals surface area contributed by atoms with E-state index >= 15 is 0 Å². The van der Waals surface area contributed by atoms with Crippen molar-refractivity contribution in [1.82, 2.24) is 4.90 Å². The predicted octanol–water partition coefficient (Wildman–Crippen LogP) is 2.50. The van der Waals surface area contributed by atoms with Gasteiger partial charge in [0.2, 0.25) is 0 Å². The number of hydrogen-bond acceptors (Lipinski definition) is 4. The molecule has 1 aliphatic rings. The van der Waals surface area contributed by atoms with Crippen LogP contribution in [0.5, 0.6) is 0 Å². The Morgan fingerprint density at radius 3 is 2.80 bits per heavy atom. The number of carbonyl (C=O) groups is 1. The number of halogens is 1. The molecule has 0 aromatic heterocycles. The minimum Gasteiger partial charge on any atom is -0.372 e. The third kappa shape index (κ3) is 3.08. The zero-order chi connectivity index (χ0) is 14.9. The molecular formula is C13H15ClN2O4. The number of hydrogen-bond donors (Lipinski definition) is 0. The van der Waals surface area contributed by atoms with E-state index in [4.69, 9.17) is 16.3 Å². The van der Waals surface area contributed by atoms with Crippen molar-refractivity contribution in [3.63, 3.8) is 0 Å². The molecule has 6 nitrogen and oxygen atoms in total. The Labute approximate surface area is 121 Å². The number of benzene rings is 1. The number of nitro groups is 1. The molecule has 0 saturated carbocycles. The van der Waals surface area contributed by atoms with E-state index in [1.165, 1.54) is 18.2 Å². The number of ether oxygens (including phenoxy) is 1. The minimum absolute atomic E-state index is 0.148. The Balaban J connectivity index is 2.29. The van der Waals surface area contributed by atoms with Gasteiger partial charge in [0.25, 0.3) is 11.6 Å². The first kappa shape index (κ1) is 14.7. The number of nitro benzene ring substituents is 1. The molecule has 1 heterocycles. The topological polar surface area (TPSA) is 72.7 Å². The third-order valence-corrected chi connectivity index (χ3v) is 3.43. The van der Waals surface area contributed by atoms with Crippen LogP contribution in [-0.4, -0.2) is 41.0 Å². The van der Waals surface area contributed by atoms with E-state index in [2.05, 4.69) is 0 Å². The van der Waals surface area contributed by atoms with E-state index in [-0.39, 0.29) is 22.2 Å². The van der Waals surface area contributed by atoms with Crippen LogP contribution in [0.25, 0.3) is 0 Å². The molecule has 1 amide bonds. The van der Waals surface area contributed by atoms with Crippen molar-refractivity contribution >= 4 is 23.2 Å². The maximum Gasteiger partial charge on any atom is 0.270 e. The highest BCUT2D eigenvalue weighted by atomic mass is 35.5. The van der Waals surface area contributed by atoms with Crippen LogP contribution in [0.4, 0.5) is 5.69 Å². The van der Waals surface area contributed by atoms with Crippen LogP contribution in [0.15, 0.2) is 18.2 Å². The van der Waals surface area contributed by atoms with Crippen LogP contribution in [0, 0.1) is 10.1 Å². The molecule has 1 aromatic rings. The van der Waals surface area contributed by atoms with Crippen molar-refractivity contribution in [3.8, 4) is 0 Å². The Bertz CT molecular complexity index is 559. The van der Waals surface area contributed by atoms with Crippen LogP contribution in [0.1, 0.15) is 24.2 Å². The highest BCUT2D eigenvalue weighted by Crippen LogP contribution is 2.25. The Kier molecular flexibility index (Phi) is 3.96. The zero-order valence-corrected chi connectivity index (χ0v) is 12.0. The second-order valence-corrected chi connectivity index (χ2v) is 5.66. The maximum atomic E-state index is 12.4. The van der Waals surface area contributed by atoms with Gasteiger partial charge in [-0.2, -0.15) is 0 Å². The van der Waals surface area contributed by atoms with Crippen LogP contribution in [0.2, 0.25) is 5.02 Å². The fourth-order valence-corrected chi connectivity index (χ4v) is 2.35. The maximum absolute atomic E-state index is 12.4. The van der Waals surface area contributed by atoms with Crippen molar-refractivity contribution in [2.75, 3.05) is 19.7 Å². The molecule has 108 valence electrons. The van der Waals surface area contributed by atoms with E-state index in [9.17, 15) is 14.9 Å². The summed E-state index contributed by atoms with van der Waals surface area (Å²) >= 11 is 5.98. The second-order valence-electron chi connectivity index (χ2n) is 5.26. The summed E-state index contributed by atoms with van der Waals surface area (Å²) in [5.74, 6) is -0.310. The molecule has 0 atom stereocenters. The average molecular weight is 299 g/mol. The number of non-ortho nitro benzene ring substituents is 1. The number of morpholine rings is 1. The van der Waals surface area contributed by atoms with Gasteiger partial charge in [0, 0.05) is 25.2 Å². The quantitative estimate of drug-likeness (QED) is 0.621. The number of carbonyl (C=O) groups excluding carboxylic acids is 1. The van der Waals surface area contributed by atoms with E-state index in [1.54, 1.807) is 4.90 Å². The molecule has 0 aliphatic carbocycles. The Morgan fingerprint density at radius 2 is 2.20 bits per heavy atom. The van der Waals surface area contributed by atoms with Gasteiger partial charge in [-0.1, -0.05) is 11.6 Å². The summed E-state index contributed by atoms with van der Waals surface area (Å²) in [5.41, 5.74) is -0.426.